The molecule has 0 unspecified atom stereocenters. The summed E-state index contributed by atoms with van der Waals surface area (Å²) in [6.45, 7) is 0.904. The van der Waals surface area contributed by atoms with Gasteiger partial charge < -0.3 is 19.5 Å². The zero-order valence-electron chi connectivity index (χ0n) is 13.9. The van der Waals surface area contributed by atoms with Crippen LogP contribution in [0.25, 0.3) is 0 Å². The lowest BCUT2D eigenvalue weighted by molar-refractivity contribution is -0.0762. The average Bonchev–Trinajstić information content (AvgIpc) is 2.63. The van der Waals surface area contributed by atoms with Crippen LogP contribution < -0.4 is 5.32 Å². The quantitative estimate of drug-likeness (QED) is 0.846. The second-order valence-electron chi connectivity index (χ2n) is 5.83. The zero-order chi connectivity index (χ0) is 17.7. The van der Waals surface area contributed by atoms with E-state index >= 15 is 0 Å². The van der Waals surface area contributed by atoms with Crippen LogP contribution in [0, 0.1) is 0 Å². The van der Waals surface area contributed by atoms with Crippen LogP contribution in [0.1, 0.15) is 21.5 Å². The number of nitrogens with one attached hydrogen (secondary N) is 1. The molecule has 130 valence electrons. The van der Waals surface area contributed by atoms with Gasteiger partial charge in [0.1, 0.15) is 12.1 Å². The molecule has 0 saturated carbocycles. The fourth-order valence-electron chi connectivity index (χ4n) is 2.61. The molecule has 0 aromatic heterocycles. The Hall–Kier alpha value is -2.86. The molecular formula is C19H19NO5. The van der Waals surface area contributed by atoms with Crippen LogP contribution in [0.2, 0.25) is 0 Å². The summed E-state index contributed by atoms with van der Waals surface area (Å²) < 4.78 is 15.3. The number of hydrogen-bond donors (Lipinski definition) is 1. The fourth-order valence-corrected chi connectivity index (χ4v) is 2.61. The van der Waals surface area contributed by atoms with Crippen LogP contribution in [-0.4, -0.2) is 32.4 Å². The van der Waals surface area contributed by atoms with Gasteiger partial charge in [0.05, 0.1) is 25.9 Å². The van der Waals surface area contributed by atoms with Gasteiger partial charge in [0.15, 0.2) is 0 Å². The molecule has 1 N–H and O–H groups in total. The topological polar surface area (TPSA) is 73.9 Å². The van der Waals surface area contributed by atoms with Crippen molar-refractivity contribution in [3.63, 3.8) is 0 Å². The summed E-state index contributed by atoms with van der Waals surface area (Å²) in [4.78, 5) is 23.7. The monoisotopic (exact) mass is 341 g/mol. The summed E-state index contributed by atoms with van der Waals surface area (Å²) in [6.07, 6.45) is -0.510. The van der Waals surface area contributed by atoms with E-state index in [1.165, 1.54) is 7.11 Å². The number of carbonyl (C=O) groups excluding carboxylic acids is 2. The first-order valence-electron chi connectivity index (χ1n) is 7.88. The van der Waals surface area contributed by atoms with E-state index in [2.05, 4.69) is 10.1 Å². The molecule has 1 heterocycles. The molecule has 2 aromatic carbocycles. The van der Waals surface area contributed by atoms with Gasteiger partial charge in [-0.3, -0.25) is 0 Å². The highest BCUT2D eigenvalue weighted by atomic mass is 16.6. The summed E-state index contributed by atoms with van der Waals surface area (Å²) in [7, 11) is 1.34. The third-order valence-corrected chi connectivity index (χ3v) is 4.11. The number of amides is 1. The van der Waals surface area contributed by atoms with Crippen molar-refractivity contribution in [2.24, 2.45) is 0 Å². The second kappa shape index (κ2) is 7.36. The van der Waals surface area contributed by atoms with Crippen LogP contribution >= 0.6 is 0 Å². The van der Waals surface area contributed by atoms with Gasteiger partial charge in [-0.15, -0.1) is 0 Å². The predicted octanol–water partition coefficient (Wildman–Crippen LogP) is 2.63. The minimum Gasteiger partial charge on any atom is -0.465 e. The molecule has 6 nitrogen and oxygen atoms in total. The first-order valence-corrected chi connectivity index (χ1v) is 7.88. The number of alkyl carbamates (subject to hydrolysis) is 1. The van der Waals surface area contributed by atoms with Crippen molar-refractivity contribution in [3.05, 3.63) is 71.3 Å². The molecule has 1 fully saturated rings. The molecular weight excluding hydrogens is 322 g/mol. The molecule has 0 radical (unpaired) electrons. The van der Waals surface area contributed by atoms with Gasteiger partial charge >= 0.3 is 12.1 Å². The third-order valence-electron chi connectivity index (χ3n) is 4.11. The van der Waals surface area contributed by atoms with Crippen molar-refractivity contribution in [3.8, 4) is 0 Å². The number of rotatable bonds is 5. The number of carbonyl (C=O) groups is 2. The maximum absolute atomic E-state index is 12.2. The number of esters is 1. The number of benzene rings is 2. The highest BCUT2D eigenvalue weighted by Crippen LogP contribution is 2.30. The predicted molar refractivity (Wildman–Crippen MR) is 90.0 cm³/mol. The Morgan fingerprint density at radius 3 is 2.32 bits per heavy atom. The van der Waals surface area contributed by atoms with Crippen molar-refractivity contribution >= 4 is 12.1 Å². The summed E-state index contributed by atoms with van der Waals surface area (Å²) in [5.41, 5.74) is 1.58. The Kier molecular flexibility index (Phi) is 5.00. The number of hydrogen-bond acceptors (Lipinski definition) is 5. The summed E-state index contributed by atoms with van der Waals surface area (Å²) in [5.74, 6) is -0.402. The Morgan fingerprint density at radius 2 is 1.76 bits per heavy atom. The van der Waals surface area contributed by atoms with E-state index in [9.17, 15) is 9.59 Å². The van der Waals surface area contributed by atoms with E-state index in [1.54, 1.807) is 24.3 Å². The van der Waals surface area contributed by atoms with Gasteiger partial charge in [-0.25, -0.2) is 9.59 Å². The van der Waals surface area contributed by atoms with Crippen molar-refractivity contribution in [1.29, 1.82) is 0 Å². The lowest BCUT2D eigenvalue weighted by Gasteiger charge is -2.42. The summed E-state index contributed by atoms with van der Waals surface area (Å²) in [5, 5.41) is 2.88. The molecule has 1 amide bonds. The maximum Gasteiger partial charge on any atom is 0.408 e. The maximum atomic E-state index is 12.2. The van der Waals surface area contributed by atoms with E-state index in [-0.39, 0.29) is 6.61 Å². The average molecular weight is 341 g/mol. The molecule has 3 rings (SSSR count). The largest absolute Gasteiger partial charge is 0.465 e. The summed E-state index contributed by atoms with van der Waals surface area (Å²) in [6, 6.07) is 16.4. The van der Waals surface area contributed by atoms with Crippen molar-refractivity contribution < 1.29 is 23.8 Å². The Balaban J connectivity index is 1.64. The Labute approximate surface area is 145 Å². The van der Waals surface area contributed by atoms with E-state index in [4.69, 9.17) is 9.47 Å². The molecule has 1 aliphatic heterocycles. The Bertz CT molecular complexity index is 738. The molecule has 0 bridgehead atoms. The van der Waals surface area contributed by atoms with E-state index in [0.29, 0.717) is 18.8 Å². The summed E-state index contributed by atoms with van der Waals surface area (Å²) >= 11 is 0. The van der Waals surface area contributed by atoms with E-state index in [1.807, 2.05) is 30.3 Å². The first kappa shape index (κ1) is 17.0. The van der Waals surface area contributed by atoms with Crippen LogP contribution in [0.15, 0.2) is 54.6 Å². The van der Waals surface area contributed by atoms with Crippen LogP contribution in [-0.2, 0) is 26.4 Å². The normalized spacial score (nSPS) is 14.9. The number of methoxy groups -OCH3 is 1. The highest BCUT2D eigenvalue weighted by Gasteiger charge is 2.42. The highest BCUT2D eigenvalue weighted by molar-refractivity contribution is 5.89. The second-order valence-corrected chi connectivity index (χ2v) is 5.83. The lowest BCUT2D eigenvalue weighted by Crippen LogP contribution is -2.59. The minimum atomic E-state index is -0.636. The van der Waals surface area contributed by atoms with Crippen LogP contribution in [0.4, 0.5) is 4.79 Å². The van der Waals surface area contributed by atoms with Gasteiger partial charge in [0, 0.05) is 0 Å². The molecule has 2 aromatic rings. The molecule has 0 spiro atoms. The van der Waals surface area contributed by atoms with Gasteiger partial charge in [-0.2, -0.15) is 0 Å². The third kappa shape index (κ3) is 3.80. The molecule has 0 aliphatic carbocycles. The molecule has 1 saturated heterocycles. The molecule has 0 atom stereocenters. The molecule has 1 aliphatic rings. The van der Waals surface area contributed by atoms with Gasteiger partial charge in [-0.1, -0.05) is 42.5 Å². The fraction of sp³-hybridized carbons (Fsp3) is 0.263. The van der Waals surface area contributed by atoms with Gasteiger partial charge in [0.2, 0.25) is 0 Å². The zero-order valence-corrected chi connectivity index (χ0v) is 13.9. The van der Waals surface area contributed by atoms with Crippen molar-refractivity contribution in [2.45, 2.75) is 12.1 Å². The molecule has 6 heteroatoms. The van der Waals surface area contributed by atoms with Gasteiger partial charge in [0.25, 0.3) is 0 Å². The SMILES string of the molecule is COC(=O)c1ccc(C2(NC(=O)OCc3ccccc3)COC2)cc1. The van der Waals surface area contributed by atoms with E-state index in [0.717, 1.165) is 11.1 Å². The van der Waals surface area contributed by atoms with Crippen molar-refractivity contribution in [2.75, 3.05) is 20.3 Å². The first-order chi connectivity index (χ1) is 12.1. The molecule has 25 heavy (non-hydrogen) atoms. The van der Waals surface area contributed by atoms with Crippen LogP contribution in [0.3, 0.4) is 0 Å². The lowest BCUT2D eigenvalue weighted by atomic mass is 9.87. The van der Waals surface area contributed by atoms with Crippen molar-refractivity contribution in [1.82, 2.24) is 5.32 Å². The standard InChI is InChI=1S/C19H19NO5/c1-23-17(21)15-7-9-16(10-8-15)19(12-24-13-19)20-18(22)25-11-14-5-3-2-4-6-14/h2-10H,11-13H2,1H3,(H,20,22). The number of ether oxygens (including phenoxy) is 3. The minimum absolute atomic E-state index is 0.199. The Morgan fingerprint density at radius 1 is 1.08 bits per heavy atom. The van der Waals surface area contributed by atoms with E-state index < -0.39 is 17.6 Å². The smallest absolute Gasteiger partial charge is 0.408 e. The van der Waals surface area contributed by atoms with Gasteiger partial charge in [-0.05, 0) is 23.3 Å². The van der Waals surface area contributed by atoms with Crippen LogP contribution in [0.5, 0.6) is 0 Å².